The lowest BCUT2D eigenvalue weighted by Crippen LogP contribution is -2.11. The van der Waals surface area contributed by atoms with Crippen LogP contribution in [0.1, 0.15) is 21.9 Å². The molecule has 2 heterocycles. The zero-order valence-electron chi connectivity index (χ0n) is 15.8. The molecule has 0 atom stereocenters. The number of benzene rings is 2. The molecular formula is C22H16FNO5S. The van der Waals surface area contributed by atoms with Gasteiger partial charge in [-0.05, 0) is 73.7 Å². The second-order valence-electron chi connectivity index (χ2n) is 6.67. The van der Waals surface area contributed by atoms with Crippen molar-refractivity contribution in [2.75, 3.05) is 0 Å². The van der Waals surface area contributed by atoms with Gasteiger partial charge in [0, 0.05) is 16.5 Å². The molecule has 0 aliphatic rings. The lowest BCUT2D eigenvalue weighted by molar-refractivity contribution is 0.102. The molecule has 4 aromatic rings. The molecule has 0 unspecified atom stereocenters. The van der Waals surface area contributed by atoms with E-state index >= 15 is 0 Å². The molecule has 0 bridgehead atoms. The number of carbonyl (C=O) groups is 1. The monoisotopic (exact) mass is 425 g/mol. The Hall–Kier alpha value is -3.49. The van der Waals surface area contributed by atoms with Crippen LogP contribution in [0.25, 0.3) is 28.4 Å². The van der Waals surface area contributed by atoms with E-state index in [0.717, 1.165) is 0 Å². The summed E-state index contributed by atoms with van der Waals surface area (Å²) in [5.74, 6) is 0.282. The zero-order valence-corrected chi connectivity index (χ0v) is 16.6. The van der Waals surface area contributed by atoms with Gasteiger partial charge in [0.1, 0.15) is 22.9 Å². The van der Waals surface area contributed by atoms with Crippen molar-refractivity contribution in [3.05, 3.63) is 83.6 Å². The first kappa shape index (κ1) is 19.8. The summed E-state index contributed by atoms with van der Waals surface area (Å²) in [5.41, 5.74) is 1.66. The summed E-state index contributed by atoms with van der Waals surface area (Å²) < 4.78 is 47.3. The van der Waals surface area contributed by atoms with Gasteiger partial charge in [-0.2, -0.15) is 0 Å². The summed E-state index contributed by atoms with van der Waals surface area (Å²) in [7, 11) is -3.77. The minimum absolute atomic E-state index is 0.00427. The number of ketones is 1. The summed E-state index contributed by atoms with van der Waals surface area (Å²) in [6, 6.07) is 13.4. The van der Waals surface area contributed by atoms with Gasteiger partial charge < -0.3 is 8.83 Å². The average molecular weight is 425 g/mol. The highest BCUT2D eigenvalue weighted by Crippen LogP contribution is 2.27. The van der Waals surface area contributed by atoms with E-state index in [4.69, 9.17) is 14.0 Å². The van der Waals surface area contributed by atoms with Crippen molar-refractivity contribution >= 4 is 32.9 Å². The molecule has 0 saturated carbocycles. The predicted molar refractivity (Wildman–Crippen MR) is 110 cm³/mol. The lowest BCUT2D eigenvalue weighted by Gasteiger charge is -2.00. The van der Waals surface area contributed by atoms with Gasteiger partial charge in [0.15, 0.2) is 5.76 Å². The number of nitrogens with two attached hydrogens (primary N) is 1. The third kappa shape index (κ3) is 3.83. The normalized spacial score (nSPS) is 12.1. The van der Waals surface area contributed by atoms with Crippen molar-refractivity contribution in [2.45, 2.75) is 11.8 Å². The third-order valence-corrected chi connectivity index (χ3v) is 5.54. The highest BCUT2D eigenvalue weighted by molar-refractivity contribution is 7.89. The topological polar surface area (TPSA) is 104 Å². The van der Waals surface area contributed by atoms with Gasteiger partial charge in [0.05, 0.1) is 4.90 Å². The second-order valence-corrected chi connectivity index (χ2v) is 8.23. The summed E-state index contributed by atoms with van der Waals surface area (Å²) in [4.78, 5) is 12.5. The Labute approximate surface area is 171 Å². The lowest BCUT2D eigenvalue weighted by atomic mass is 10.1. The Bertz CT molecular complexity index is 1400. The maximum atomic E-state index is 13.4. The number of furan rings is 2. The van der Waals surface area contributed by atoms with Crippen molar-refractivity contribution < 1.29 is 26.4 Å². The number of carbonyl (C=O) groups excluding carboxylic acids is 1. The van der Waals surface area contributed by atoms with E-state index in [2.05, 4.69) is 0 Å². The van der Waals surface area contributed by atoms with E-state index in [1.165, 1.54) is 42.5 Å². The Morgan fingerprint density at radius 3 is 2.47 bits per heavy atom. The smallest absolute Gasteiger partial charge is 0.238 e. The van der Waals surface area contributed by atoms with E-state index in [-0.39, 0.29) is 16.4 Å². The van der Waals surface area contributed by atoms with Gasteiger partial charge in [-0.3, -0.25) is 4.79 Å². The highest BCUT2D eigenvalue weighted by Gasteiger charge is 2.16. The van der Waals surface area contributed by atoms with Crippen LogP contribution < -0.4 is 5.14 Å². The first-order chi connectivity index (χ1) is 14.2. The van der Waals surface area contributed by atoms with E-state index < -0.39 is 15.8 Å². The van der Waals surface area contributed by atoms with Gasteiger partial charge in [0.2, 0.25) is 15.8 Å². The minimum atomic E-state index is -3.77. The molecule has 2 aromatic heterocycles. The maximum absolute atomic E-state index is 13.4. The van der Waals surface area contributed by atoms with Crippen LogP contribution in [0.4, 0.5) is 4.39 Å². The summed E-state index contributed by atoms with van der Waals surface area (Å²) in [5, 5.41) is 5.64. The van der Waals surface area contributed by atoms with Crippen LogP contribution in [-0.2, 0) is 10.0 Å². The molecule has 0 aliphatic carbocycles. The molecule has 0 amide bonds. The van der Waals surface area contributed by atoms with E-state index in [9.17, 15) is 17.6 Å². The fourth-order valence-electron chi connectivity index (χ4n) is 3.07. The molecule has 0 aliphatic heterocycles. The number of hydrogen-bond acceptors (Lipinski definition) is 5. The zero-order chi connectivity index (χ0) is 21.5. The summed E-state index contributed by atoms with van der Waals surface area (Å²) in [6.45, 7) is 1.70. The van der Waals surface area contributed by atoms with Crippen LogP contribution in [0.2, 0.25) is 0 Å². The number of allylic oxidation sites excluding steroid dienone is 1. The van der Waals surface area contributed by atoms with Crippen molar-refractivity contribution in [3.8, 4) is 11.3 Å². The van der Waals surface area contributed by atoms with Crippen LogP contribution in [0.15, 0.2) is 74.4 Å². The molecule has 152 valence electrons. The predicted octanol–water partition coefficient (Wildman–Crippen LogP) is 4.68. The van der Waals surface area contributed by atoms with Crippen LogP contribution >= 0.6 is 0 Å². The third-order valence-electron chi connectivity index (χ3n) is 4.62. The van der Waals surface area contributed by atoms with Gasteiger partial charge in [-0.1, -0.05) is 0 Å². The van der Waals surface area contributed by atoms with E-state index in [1.54, 1.807) is 31.2 Å². The quantitative estimate of drug-likeness (QED) is 0.369. The molecule has 2 N–H and O–H groups in total. The number of hydrogen-bond donors (Lipinski definition) is 1. The molecular weight excluding hydrogens is 409 g/mol. The molecule has 6 nitrogen and oxygen atoms in total. The molecule has 8 heteroatoms. The number of rotatable bonds is 5. The van der Waals surface area contributed by atoms with Crippen LogP contribution in [0.3, 0.4) is 0 Å². The van der Waals surface area contributed by atoms with Crippen LogP contribution in [-0.4, -0.2) is 14.2 Å². The largest absolute Gasteiger partial charge is 0.457 e. The Balaban J connectivity index is 1.55. The summed E-state index contributed by atoms with van der Waals surface area (Å²) in [6.07, 6.45) is 2.81. The number of halogens is 1. The molecule has 0 fully saturated rings. The van der Waals surface area contributed by atoms with Gasteiger partial charge in [-0.25, -0.2) is 17.9 Å². The molecule has 4 rings (SSSR count). The molecule has 0 saturated heterocycles. The van der Waals surface area contributed by atoms with Crippen molar-refractivity contribution in [1.29, 1.82) is 0 Å². The van der Waals surface area contributed by atoms with Crippen LogP contribution in [0, 0.1) is 12.7 Å². The first-order valence-corrected chi connectivity index (χ1v) is 10.4. The van der Waals surface area contributed by atoms with Crippen molar-refractivity contribution in [3.63, 3.8) is 0 Å². The molecule has 30 heavy (non-hydrogen) atoms. The second kappa shape index (κ2) is 7.40. The first-order valence-electron chi connectivity index (χ1n) is 8.86. The SMILES string of the molecule is Cc1c(C(=O)/C=C/c2ccc(-c3ccc(S(N)(=O)=O)cc3)o2)oc2ccc(F)cc12. The fraction of sp³-hybridized carbons (Fsp3) is 0.0455. The summed E-state index contributed by atoms with van der Waals surface area (Å²) >= 11 is 0. The molecule has 0 spiro atoms. The Morgan fingerprint density at radius 2 is 1.77 bits per heavy atom. The van der Waals surface area contributed by atoms with E-state index in [0.29, 0.717) is 33.6 Å². The van der Waals surface area contributed by atoms with Crippen molar-refractivity contribution in [1.82, 2.24) is 0 Å². The molecule has 2 aromatic carbocycles. The Morgan fingerprint density at radius 1 is 1.03 bits per heavy atom. The number of fused-ring (bicyclic) bond motifs is 1. The van der Waals surface area contributed by atoms with Gasteiger partial charge in [-0.15, -0.1) is 0 Å². The van der Waals surface area contributed by atoms with Crippen molar-refractivity contribution in [2.24, 2.45) is 5.14 Å². The molecule has 0 radical (unpaired) electrons. The maximum Gasteiger partial charge on any atom is 0.238 e. The van der Waals surface area contributed by atoms with Gasteiger partial charge >= 0.3 is 0 Å². The van der Waals surface area contributed by atoms with Gasteiger partial charge in [0.25, 0.3) is 0 Å². The Kier molecular flexibility index (Phi) is 4.89. The minimum Gasteiger partial charge on any atom is -0.457 e. The number of aryl methyl sites for hydroxylation is 1. The highest BCUT2D eigenvalue weighted by atomic mass is 32.2. The van der Waals surface area contributed by atoms with Crippen LogP contribution in [0.5, 0.6) is 0 Å². The number of sulfonamides is 1. The standard InChI is InChI=1S/C22H16FNO5S/c1-13-18-12-15(23)4-10-21(18)29-22(13)19(25)9-5-16-6-11-20(28-16)14-2-7-17(8-3-14)30(24,26)27/h2-12H,1H3,(H2,24,26,27)/b9-5+. The van der Waals surface area contributed by atoms with E-state index in [1.807, 2.05) is 0 Å². The average Bonchev–Trinajstić information content (AvgIpc) is 3.31. The fourth-order valence-corrected chi connectivity index (χ4v) is 3.58. The number of primary sulfonamides is 1.